The summed E-state index contributed by atoms with van der Waals surface area (Å²) in [5.74, 6) is -0.997. The Morgan fingerprint density at radius 1 is 0.647 bits per heavy atom. The first-order chi connectivity index (χ1) is 16.7. The maximum Gasteiger partial charge on any atom is 0.334 e. The zero-order chi connectivity index (χ0) is 23.4. The van der Waals surface area contributed by atoms with Crippen LogP contribution >= 0.6 is 0 Å². The third-order valence-electron chi connectivity index (χ3n) is 7.82. The van der Waals surface area contributed by atoms with Gasteiger partial charge < -0.3 is 9.47 Å². The van der Waals surface area contributed by atoms with E-state index in [1.165, 1.54) is 14.2 Å². The highest BCUT2D eigenvalue weighted by molar-refractivity contribution is 6.14. The van der Waals surface area contributed by atoms with E-state index in [0.717, 1.165) is 22.6 Å². The van der Waals surface area contributed by atoms with Gasteiger partial charge in [0.2, 0.25) is 0 Å². The summed E-state index contributed by atoms with van der Waals surface area (Å²) in [7, 11) is 2.71. The van der Waals surface area contributed by atoms with Gasteiger partial charge in [0.15, 0.2) is 0 Å². The van der Waals surface area contributed by atoms with Gasteiger partial charge in [-0.2, -0.15) is 10.2 Å². The Bertz CT molecular complexity index is 1190. The molecule has 7 rings (SSSR count). The minimum atomic E-state index is -0.465. The Hall–Kier alpha value is -3.80. The van der Waals surface area contributed by atoms with Crippen LogP contribution in [0.4, 0.5) is 0 Å². The molecule has 1 aliphatic heterocycles. The Morgan fingerprint density at radius 3 is 1.38 bits per heavy atom. The van der Waals surface area contributed by atoms with Crippen molar-refractivity contribution in [1.82, 2.24) is 0 Å². The summed E-state index contributed by atoms with van der Waals surface area (Å²) in [6.07, 6.45) is 4.13. The van der Waals surface area contributed by atoms with Crippen LogP contribution in [-0.2, 0) is 19.1 Å². The van der Waals surface area contributed by atoms with Crippen LogP contribution in [0.15, 0.2) is 94.2 Å². The Balaban J connectivity index is 1.52. The van der Waals surface area contributed by atoms with Crippen LogP contribution in [0.2, 0.25) is 0 Å². The van der Waals surface area contributed by atoms with E-state index < -0.39 is 11.9 Å². The fourth-order valence-electron chi connectivity index (χ4n) is 6.55. The first kappa shape index (κ1) is 20.8. The third-order valence-corrected chi connectivity index (χ3v) is 7.82. The van der Waals surface area contributed by atoms with E-state index in [1.54, 1.807) is 0 Å². The van der Waals surface area contributed by atoms with E-state index in [4.69, 9.17) is 19.7 Å². The van der Waals surface area contributed by atoms with Gasteiger partial charge in [-0.3, -0.25) is 0 Å². The van der Waals surface area contributed by atoms with Gasteiger partial charge in [-0.25, -0.2) is 9.59 Å². The number of nitrogens with zero attached hydrogens (tertiary/aromatic N) is 2. The molecule has 170 valence electrons. The Kier molecular flexibility index (Phi) is 4.83. The molecule has 6 unspecified atom stereocenters. The molecule has 4 aliphatic carbocycles. The lowest BCUT2D eigenvalue weighted by molar-refractivity contribution is -0.143. The lowest BCUT2D eigenvalue weighted by atomic mass is 9.40. The normalized spacial score (nSPS) is 30.4. The summed E-state index contributed by atoms with van der Waals surface area (Å²) in [5.41, 5.74) is 4.81. The minimum Gasteiger partial charge on any atom is -0.466 e. The number of ether oxygens (including phenoxy) is 2. The number of allylic oxidation sites excluding steroid dienone is 2. The summed E-state index contributed by atoms with van der Waals surface area (Å²) >= 11 is 0. The van der Waals surface area contributed by atoms with Gasteiger partial charge in [-0.15, -0.1) is 0 Å². The van der Waals surface area contributed by atoms with Gasteiger partial charge in [0.1, 0.15) is 0 Å². The summed E-state index contributed by atoms with van der Waals surface area (Å²) in [6.45, 7) is 0. The molecule has 0 amide bonds. The molecule has 2 aromatic rings. The van der Waals surface area contributed by atoms with Crippen molar-refractivity contribution in [3.05, 3.63) is 95.1 Å². The standard InChI is InChI=1S/C28H24N2O4/c1-33-27(31)21-17-13-14-18(22(21)28(32)34-2)20-19(17)23-24(20)26(16-11-7-4-8-12-16)30-29-25(23)15-9-5-3-6-10-15/h3-14,17-20,23-24H,1-2H3. The summed E-state index contributed by atoms with van der Waals surface area (Å²) < 4.78 is 10.2. The minimum absolute atomic E-state index is 0.0800. The molecule has 1 fully saturated rings. The number of carbonyl (C=O) groups is 2. The van der Waals surface area contributed by atoms with Crippen molar-refractivity contribution in [2.75, 3.05) is 14.2 Å². The number of benzene rings is 2. The fraction of sp³-hybridized carbons (Fsp3) is 0.286. The van der Waals surface area contributed by atoms with E-state index in [2.05, 4.69) is 36.4 Å². The van der Waals surface area contributed by atoms with Crippen LogP contribution in [-0.4, -0.2) is 37.6 Å². The molecule has 1 saturated carbocycles. The average Bonchev–Trinajstić information content (AvgIpc) is 2.89. The van der Waals surface area contributed by atoms with Crippen molar-refractivity contribution in [2.45, 2.75) is 0 Å². The molecule has 0 N–H and O–H groups in total. The monoisotopic (exact) mass is 452 g/mol. The molecule has 34 heavy (non-hydrogen) atoms. The van der Waals surface area contributed by atoms with Crippen LogP contribution in [0, 0.1) is 35.5 Å². The van der Waals surface area contributed by atoms with Crippen molar-refractivity contribution in [3.63, 3.8) is 0 Å². The maximum absolute atomic E-state index is 12.9. The molecule has 5 aliphatic rings. The van der Waals surface area contributed by atoms with E-state index in [9.17, 15) is 9.59 Å². The molecule has 0 spiro atoms. The van der Waals surface area contributed by atoms with Gasteiger partial charge in [-0.05, 0) is 23.0 Å². The van der Waals surface area contributed by atoms with Crippen molar-refractivity contribution in [1.29, 1.82) is 0 Å². The molecular formula is C28H24N2O4. The smallest absolute Gasteiger partial charge is 0.334 e. The molecule has 0 radical (unpaired) electrons. The quantitative estimate of drug-likeness (QED) is 0.522. The molecule has 0 aromatic heterocycles. The lowest BCUT2D eigenvalue weighted by Crippen LogP contribution is -2.64. The molecule has 2 bridgehead atoms. The van der Waals surface area contributed by atoms with Crippen molar-refractivity contribution in [2.24, 2.45) is 45.7 Å². The molecule has 2 aromatic carbocycles. The first-order valence-electron chi connectivity index (χ1n) is 11.5. The van der Waals surface area contributed by atoms with Crippen LogP contribution < -0.4 is 0 Å². The van der Waals surface area contributed by atoms with Gasteiger partial charge in [0, 0.05) is 23.7 Å². The van der Waals surface area contributed by atoms with Gasteiger partial charge >= 0.3 is 11.9 Å². The Morgan fingerprint density at radius 2 is 1.03 bits per heavy atom. The van der Waals surface area contributed by atoms with Crippen LogP contribution in [0.25, 0.3) is 0 Å². The van der Waals surface area contributed by atoms with Crippen molar-refractivity contribution in [3.8, 4) is 0 Å². The number of methoxy groups -OCH3 is 2. The highest BCUT2D eigenvalue weighted by Gasteiger charge is 2.66. The number of rotatable bonds is 4. The molecule has 6 atom stereocenters. The van der Waals surface area contributed by atoms with Gasteiger partial charge in [0.25, 0.3) is 0 Å². The number of hydrogen-bond donors (Lipinski definition) is 0. The second-order valence-corrected chi connectivity index (χ2v) is 9.16. The fourth-order valence-corrected chi connectivity index (χ4v) is 6.55. The third kappa shape index (κ3) is 2.81. The number of hydrogen-bond acceptors (Lipinski definition) is 6. The molecule has 1 heterocycles. The predicted octanol–water partition coefficient (Wildman–Crippen LogP) is 3.83. The number of carbonyl (C=O) groups excluding carboxylic acids is 2. The van der Waals surface area contributed by atoms with Gasteiger partial charge in [-0.1, -0.05) is 72.8 Å². The van der Waals surface area contributed by atoms with E-state index in [-0.39, 0.29) is 35.5 Å². The molecular weight excluding hydrogens is 428 g/mol. The Labute approximate surface area is 197 Å². The van der Waals surface area contributed by atoms with E-state index >= 15 is 0 Å². The first-order valence-corrected chi connectivity index (χ1v) is 11.5. The average molecular weight is 453 g/mol. The highest BCUT2D eigenvalue weighted by Crippen LogP contribution is 2.65. The maximum atomic E-state index is 12.9. The van der Waals surface area contributed by atoms with Crippen molar-refractivity contribution < 1.29 is 19.1 Å². The van der Waals surface area contributed by atoms with E-state index in [1.807, 2.05) is 36.4 Å². The molecule has 6 heteroatoms. The van der Waals surface area contributed by atoms with Crippen LogP contribution in [0.3, 0.4) is 0 Å². The molecule has 0 saturated heterocycles. The summed E-state index contributed by atoms with van der Waals surface area (Å²) in [4.78, 5) is 25.8. The van der Waals surface area contributed by atoms with Crippen LogP contribution in [0.1, 0.15) is 11.1 Å². The SMILES string of the molecule is COC(=O)C1=C(C(=O)OC)C2C=CC1C1C3C(c4ccccc4)=NN=C(c4ccccc4)C3C21. The second-order valence-electron chi connectivity index (χ2n) is 9.16. The zero-order valence-corrected chi connectivity index (χ0v) is 18.9. The zero-order valence-electron chi connectivity index (χ0n) is 18.9. The highest BCUT2D eigenvalue weighted by atomic mass is 16.5. The van der Waals surface area contributed by atoms with Gasteiger partial charge in [0.05, 0.1) is 36.8 Å². The predicted molar refractivity (Wildman–Crippen MR) is 127 cm³/mol. The second kappa shape index (κ2) is 7.90. The molecule has 6 nitrogen and oxygen atoms in total. The summed E-state index contributed by atoms with van der Waals surface area (Å²) in [5, 5.41) is 9.46. The lowest BCUT2D eigenvalue weighted by Gasteiger charge is -2.62. The topological polar surface area (TPSA) is 77.3 Å². The number of fused-ring (bicyclic) bond motifs is 1. The van der Waals surface area contributed by atoms with E-state index in [0.29, 0.717) is 11.1 Å². The van der Waals surface area contributed by atoms with Crippen LogP contribution in [0.5, 0.6) is 0 Å². The number of esters is 2. The largest absolute Gasteiger partial charge is 0.466 e. The van der Waals surface area contributed by atoms with Crippen molar-refractivity contribution >= 4 is 23.4 Å². The summed E-state index contributed by atoms with van der Waals surface area (Å²) in [6, 6.07) is 20.2.